The highest BCUT2D eigenvalue weighted by atomic mass is 35.5. The Kier molecular flexibility index (Phi) is 7.30. The molecule has 0 aliphatic carbocycles. The van der Waals surface area contributed by atoms with Crippen LogP contribution in [0.25, 0.3) is 6.08 Å². The van der Waals surface area contributed by atoms with Gasteiger partial charge in [-0.15, -0.1) is 0 Å². The fraction of sp³-hybridized carbons (Fsp3) is 0.0800. The van der Waals surface area contributed by atoms with Gasteiger partial charge < -0.3 is 9.47 Å². The van der Waals surface area contributed by atoms with Gasteiger partial charge in [0, 0.05) is 0 Å². The quantitative estimate of drug-likeness (QED) is 0.233. The number of amides is 2. The van der Waals surface area contributed by atoms with Gasteiger partial charge in [-0.3, -0.25) is 14.5 Å². The molecule has 172 valence electrons. The second-order valence-corrected chi connectivity index (χ2v) is 8.48. The van der Waals surface area contributed by atoms with Crippen LogP contribution in [0.2, 0.25) is 5.02 Å². The van der Waals surface area contributed by atoms with Crippen molar-refractivity contribution in [1.29, 1.82) is 0 Å². The second kappa shape index (κ2) is 10.5. The SMILES string of the molecule is O=C(Oc1ccc(/C=C2\SC(=O)N(CCOc3ccccc3Cl)C2=O)cc1)c1ccc(F)cc1. The van der Waals surface area contributed by atoms with Crippen molar-refractivity contribution in [2.24, 2.45) is 0 Å². The highest BCUT2D eigenvalue weighted by Crippen LogP contribution is 2.32. The summed E-state index contributed by atoms with van der Waals surface area (Å²) in [6.45, 7) is 0.203. The maximum absolute atomic E-state index is 13.0. The number of thioether (sulfide) groups is 1. The van der Waals surface area contributed by atoms with E-state index in [0.29, 0.717) is 16.3 Å². The van der Waals surface area contributed by atoms with Gasteiger partial charge in [0.2, 0.25) is 0 Å². The van der Waals surface area contributed by atoms with E-state index in [4.69, 9.17) is 21.1 Å². The van der Waals surface area contributed by atoms with E-state index in [1.807, 2.05) is 0 Å². The largest absolute Gasteiger partial charge is 0.490 e. The van der Waals surface area contributed by atoms with Crippen molar-refractivity contribution in [3.8, 4) is 11.5 Å². The van der Waals surface area contributed by atoms with Gasteiger partial charge in [0.05, 0.1) is 22.0 Å². The third kappa shape index (κ3) is 5.65. The monoisotopic (exact) mass is 497 g/mol. The van der Waals surface area contributed by atoms with Gasteiger partial charge in [0.25, 0.3) is 11.1 Å². The van der Waals surface area contributed by atoms with E-state index in [2.05, 4.69) is 0 Å². The lowest BCUT2D eigenvalue weighted by atomic mass is 10.2. The zero-order chi connectivity index (χ0) is 24.1. The van der Waals surface area contributed by atoms with E-state index in [-0.39, 0.29) is 34.6 Å². The van der Waals surface area contributed by atoms with Crippen molar-refractivity contribution in [2.75, 3.05) is 13.2 Å². The molecular formula is C25H17ClFNO5S. The molecule has 1 aliphatic heterocycles. The Bertz CT molecular complexity index is 1260. The minimum Gasteiger partial charge on any atom is -0.490 e. The summed E-state index contributed by atoms with van der Waals surface area (Å²) in [7, 11) is 0. The third-order valence-corrected chi connectivity index (χ3v) is 5.97. The van der Waals surface area contributed by atoms with E-state index in [9.17, 15) is 18.8 Å². The lowest BCUT2D eigenvalue weighted by Crippen LogP contribution is -2.32. The van der Waals surface area contributed by atoms with E-state index < -0.39 is 17.7 Å². The molecule has 1 fully saturated rings. The van der Waals surface area contributed by atoms with Crippen LogP contribution in [0.4, 0.5) is 9.18 Å². The maximum atomic E-state index is 13.0. The van der Waals surface area contributed by atoms with Gasteiger partial charge >= 0.3 is 5.97 Å². The predicted octanol–water partition coefficient (Wildman–Crippen LogP) is 5.81. The minimum absolute atomic E-state index is 0.0888. The number of rotatable bonds is 7. The Hall–Kier alpha value is -3.62. The van der Waals surface area contributed by atoms with Gasteiger partial charge in [-0.05, 0) is 71.9 Å². The minimum atomic E-state index is -0.618. The number of benzene rings is 3. The van der Waals surface area contributed by atoms with Crippen molar-refractivity contribution >= 4 is 46.6 Å². The fourth-order valence-electron chi connectivity index (χ4n) is 3.04. The number of hydrogen-bond donors (Lipinski definition) is 0. The molecule has 0 N–H and O–H groups in total. The van der Waals surface area contributed by atoms with Crippen LogP contribution < -0.4 is 9.47 Å². The molecule has 0 unspecified atom stereocenters. The summed E-state index contributed by atoms with van der Waals surface area (Å²) >= 11 is 6.88. The normalized spacial score (nSPS) is 14.5. The topological polar surface area (TPSA) is 72.9 Å². The molecule has 3 aromatic carbocycles. The molecule has 4 rings (SSSR count). The van der Waals surface area contributed by atoms with E-state index in [1.165, 1.54) is 24.3 Å². The van der Waals surface area contributed by atoms with Gasteiger partial charge in [0.15, 0.2) is 0 Å². The van der Waals surface area contributed by atoms with Crippen molar-refractivity contribution < 1.29 is 28.2 Å². The van der Waals surface area contributed by atoms with Crippen molar-refractivity contribution in [3.05, 3.63) is 99.7 Å². The van der Waals surface area contributed by atoms with Crippen LogP contribution in [-0.4, -0.2) is 35.2 Å². The summed E-state index contributed by atoms with van der Waals surface area (Å²) in [5, 5.41) is 0.0622. The number of esters is 1. The molecule has 1 heterocycles. The van der Waals surface area contributed by atoms with Crippen LogP contribution in [0.5, 0.6) is 11.5 Å². The van der Waals surface area contributed by atoms with Crippen LogP contribution >= 0.6 is 23.4 Å². The molecule has 2 amide bonds. The molecule has 0 atom stereocenters. The van der Waals surface area contributed by atoms with Crippen LogP contribution in [0.1, 0.15) is 15.9 Å². The molecule has 6 nitrogen and oxygen atoms in total. The third-order valence-electron chi connectivity index (χ3n) is 4.75. The van der Waals surface area contributed by atoms with E-state index in [0.717, 1.165) is 16.7 Å². The predicted molar refractivity (Wildman–Crippen MR) is 127 cm³/mol. The first-order valence-corrected chi connectivity index (χ1v) is 11.3. The average Bonchev–Trinajstić information content (AvgIpc) is 3.09. The fourth-order valence-corrected chi connectivity index (χ4v) is 4.09. The molecule has 3 aromatic rings. The summed E-state index contributed by atoms with van der Waals surface area (Å²) in [5.74, 6) is -0.709. The van der Waals surface area contributed by atoms with Crippen LogP contribution in [0, 0.1) is 5.82 Å². The number of carbonyl (C=O) groups is 3. The Morgan fingerprint density at radius 1 is 1.00 bits per heavy atom. The molecule has 0 saturated carbocycles. The summed E-state index contributed by atoms with van der Waals surface area (Å²) in [5.41, 5.74) is 0.872. The van der Waals surface area contributed by atoms with Gasteiger partial charge in [-0.25, -0.2) is 9.18 Å². The maximum Gasteiger partial charge on any atom is 0.343 e. The number of nitrogens with zero attached hydrogens (tertiary/aromatic N) is 1. The Morgan fingerprint density at radius 3 is 2.41 bits per heavy atom. The van der Waals surface area contributed by atoms with E-state index >= 15 is 0 Å². The van der Waals surface area contributed by atoms with Crippen LogP contribution in [0.15, 0.2) is 77.7 Å². The summed E-state index contributed by atoms with van der Waals surface area (Å²) in [4.78, 5) is 38.5. The highest BCUT2D eigenvalue weighted by molar-refractivity contribution is 8.18. The summed E-state index contributed by atoms with van der Waals surface area (Å²) in [6.07, 6.45) is 1.59. The Morgan fingerprint density at radius 2 is 1.71 bits per heavy atom. The molecule has 34 heavy (non-hydrogen) atoms. The first-order valence-electron chi connectivity index (χ1n) is 10.1. The summed E-state index contributed by atoms with van der Waals surface area (Å²) in [6, 6.07) is 18.4. The molecule has 0 aromatic heterocycles. The van der Waals surface area contributed by atoms with Crippen LogP contribution in [0.3, 0.4) is 0 Å². The lowest BCUT2D eigenvalue weighted by molar-refractivity contribution is -0.123. The first-order chi connectivity index (χ1) is 16.4. The van der Waals surface area contributed by atoms with E-state index in [1.54, 1.807) is 54.6 Å². The Labute approximate surface area is 203 Å². The molecule has 9 heteroatoms. The number of halogens is 2. The zero-order valence-corrected chi connectivity index (χ0v) is 19.1. The lowest BCUT2D eigenvalue weighted by Gasteiger charge is -2.13. The van der Waals surface area contributed by atoms with Gasteiger partial charge in [0.1, 0.15) is 23.9 Å². The molecule has 0 spiro atoms. The standard InChI is InChI=1S/C25H17ClFNO5S/c26-20-3-1-2-4-21(20)32-14-13-28-23(29)22(34-25(28)31)15-16-5-11-19(12-6-16)33-24(30)17-7-9-18(27)10-8-17/h1-12,15H,13-14H2/b22-15-. The number of para-hydroxylation sites is 1. The zero-order valence-electron chi connectivity index (χ0n) is 17.6. The second-order valence-electron chi connectivity index (χ2n) is 7.08. The molecule has 1 aliphatic rings. The van der Waals surface area contributed by atoms with Crippen molar-refractivity contribution in [2.45, 2.75) is 0 Å². The van der Waals surface area contributed by atoms with Crippen molar-refractivity contribution in [1.82, 2.24) is 4.90 Å². The number of ether oxygens (including phenoxy) is 2. The summed E-state index contributed by atoms with van der Waals surface area (Å²) < 4.78 is 23.8. The van der Waals surface area contributed by atoms with Crippen molar-refractivity contribution in [3.63, 3.8) is 0 Å². The smallest absolute Gasteiger partial charge is 0.343 e. The molecule has 1 saturated heterocycles. The Balaban J connectivity index is 1.35. The number of hydrogen-bond acceptors (Lipinski definition) is 6. The highest BCUT2D eigenvalue weighted by Gasteiger charge is 2.34. The van der Waals surface area contributed by atoms with Gasteiger partial charge in [-0.2, -0.15) is 0 Å². The average molecular weight is 498 g/mol. The molecular weight excluding hydrogens is 481 g/mol. The number of carbonyl (C=O) groups excluding carboxylic acids is 3. The molecule has 0 radical (unpaired) electrons. The van der Waals surface area contributed by atoms with Gasteiger partial charge in [-0.1, -0.05) is 35.9 Å². The first kappa shape index (κ1) is 23.5. The van der Waals surface area contributed by atoms with Crippen LogP contribution in [-0.2, 0) is 4.79 Å². The molecule has 0 bridgehead atoms. The number of imide groups is 1.